The minimum atomic E-state index is -0.560. The average Bonchev–Trinajstić information content (AvgIpc) is 2.65. The van der Waals surface area contributed by atoms with Crippen molar-refractivity contribution >= 4 is 23.2 Å². The first-order valence-corrected chi connectivity index (χ1v) is 9.09. The monoisotopic (exact) mass is 380 g/mol. The molecule has 28 heavy (non-hydrogen) atoms. The molecule has 2 aromatic carbocycles. The van der Waals surface area contributed by atoms with Gasteiger partial charge in [-0.05, 0) is 51.1 Å². The highest BCUT2D eigenvalue weighted by atomic mass is 16.5. The fraction of sp³-hybridized carbons (Fsp3) is 0.273. The van der Waals surface area contributed by atoms with Crippen LogP contribution in [0.15, 0.2) is 54.6 Å². The fourth-order valence-electron chi connectivity index (χ4n) is 2.90. The summed E-state index contributed by atoms with van der Waals surface area (Å²) in [7, 11) is 0. The molecule has 0 aromatic heterocycles. The number of aryl methyl sites for hydroxylation is 1. The maximum Gasteiger partial charge on any atom is 0.268 e. The molecule has 1 aliphatic rings. The third-order valence-corrected chi connectivity index (χ3v) is 4.27. The number of carbonyl (C=O) groups is 2. The Morgan fingerprint density at radius 3 is 2.64 bits per heavy atom. The van der Waals surface area contributed by atoms with Crippen LogP contribution in [0.5, 0.6) is 11.5 Å². The van der Waals surface area contributed by atoms with Gasteiger partial charge in [0, 0.05) is 12.2 Å². The molecule has 1 aliphatic heterocycles. The van der Waals surface area contributed by atoms with Crippen LogP contribution in [-0.2, 0) is 9.59 Å². The van der Waals surface area contributed by atoms with Gasteiger partial charge in [0.05, 0.1) is 5.69 Å². The van der Waals surface area contributed by atoms with Gasteiger partial charge in [0.15, 0.2) is 12.7 Å². The Hall–Kier alpha value is -3.28. The summed E-state index contributed by atoms with van der Waals surface area (Å²) >= 11 is 0. The summed E-state index contributed by atoms with van der Waals surface area (Å²) in [6.07, 6.45) is -0.560. The molecule has 0 saturated carbocycles. The topological polar surface area (TPSA) is 67.9 Å². The number of hydrogen-bond acceptors (Lipinski definition) is 4. The Morgan fingerprint density at radius 2 is 1.96 bits per heavy atom. The van der Waals surface area contributed by atoms with Gasteiger partial charge in [-0.3, -0.25) is 9.59 Å². The molecule has 6 nitrogen and oxygen atoms in total. The highest BCUT2D eigenvalue weighted by Gasteiger charge is 2.31. The minimum Gasteiger partial charge on any atom is -0.484 e. The van der Waals surface area contributed by atoms with Gasteiger partial charge in [-0.15, -0.1) is 0 Å². The maximum atomic E-state index is 12.5. The summed E-state index contributed by atoms with van der Waals surface area (Å²) in [6, 6.07) is 12.7. The first-order valence-electron chi connectivity index (χ1n) is 9.09. The lowest BCUT2D eigenvalue weighted by Gasteiger charge is -2.33. The van der Waals surface area contributed by atoms with Gasteiger partial charge in [0.25, 0.3) is 11.8 Å². The van der Waals surface area contributed by atoms with Gasteiger partial charge in [0.2, 0.25) is 0 Å². The molecule has 1 atom stereocenters. The van der Waals surface area contributed by atoms with Crippen molar-refractivity contribution in [2.24, 2.45) is 0 Å². The van der Waals surface area contributed by atoms with Crippen LogP contribution < -0.4 is 19.7 Å². The van der Waals surface area contributed by atoms with Crippen LogP contribution in [0.2, 0.25) is 0 Å². The smallest absolute Gasteiger partial charge is 0.268 e. The quantitative estimate of drug-likeness (QED) is 0.776. The molecule has 0 fully saturated rings. The third-order valence-electron chi connectivity index (χ3n) is 4.27. The number of carbonyl (C=O) groups excluding carboxylic acids is 2. The van der Waals surface area contributed by atoms with Crippen LogP contribution >= 0.6 is 0 Å². The Balaban J connectivity index is 1.70. The molecule has 0 aliphatic carbocycles. The van der Waals surface area contributed by atoms with E-state index in [9.17, 15) is 9.59 Å². The zero-order valence-electron chi connectivity index (χ0n) is 16.3. The van der Waals surface area contributed by atoms with Crippen molar-refractivity contribution < 1.29 is 19.1 Å². The lowest BCUT2D eigenvalue weighted by Crippen LogP contribution is -2.45. The summed E-state index contributed by atoms with van der Waals surface area (Å²) in [6.45, 7) is 9.74. The van der Waals surface area contributed by atoms with Crippen LogP contribution in [0.25, 0.3) is 0 Å². The summed E-state index contributed by atoms with van der Waals surface area (Å²) in [4.78, 5) is 26.4. The third kappa shape index (κ3) is 4.52. The standard InChI is InChI=1S/C22H24N2O4/c1-14(2)12-24-19-11-17(7-10-20(19)28-16(4)22(24)26)23-21(25)13-27-18-8-5-15(3)6-9-18/h5-11,16H,1,12-13H2,2-4H3,(H,23,25). The zero-order valence-corrected chi connectivity index (χ0v) is 16.3. The number of nitrogens with one attached hydrogen (secondary N) is 1. The van der Waals surface area contributed by atoms with E-state index in [1.165, 1.54) is 0 Å². The first kappa shape index (κ1) is 19.5. The maximum absolute atomic E-state index is 12.5. The summed E-state index contributed by atoms with van der Waals surface area (Å²) in [5.41, 5.74) is 3.16. The predicted octanol–water partition coefficient (Wildman–Crippen LogP) is 3.70. The van der Waals surface area contributed by atoms with Crippen LogP contribution in [0.3, 0.4) is 0 Å². The van der Waals surface area contributed by atoms with Crippen LogP contribution in [0, 0.1) is 6.92 Å². The fourth-order valence-corrected chi connectivity index (χ4v) is 2.90. The van der Waals surface area contributed by atoms with Crippen molar-refractivity contribution in [2.75, 3.05) is 23.4 Å². The Labute approximate surface area is 164 Å². The van der Waals surface area contributed by atoms with Gasteiger partial charge >= 0.3 is 0 Å². The van der Waals surface area contributed by atoms with Crippen LogP contribution in [-0.4, -0.2) is 31.1 Å². The molecule has 146 valence electrons. The first-order chi connectivity index (χ1) is 13.3. The molecule has 1 N–H and O–H groups in total. The largest absolute Gasteiger partial charge is 0.484 e. The number of benzene rings is 2. The van der Waals surface area contributed by atoms with Gasteiger partial charge in [-0.2, -0.15) is 0 Å². The van der Waals surface area contributed by atoms with Gasteiger partial charge in [0.1, 0.15) is 11.5 Å². The van der Waals surface area contributed by atoms with E-state index < -0.39 is 6.10 Å². The predicted molar refractivity (Wildman–Crippen MR) is 109 cm³/mol. The highest BCUT2D eigenvalue weighted by Crippen LogP contribution is 2.36. The number of ether oxygens (including phenoxy) is 2. The van der Waals surface area contributed by atoms with Crippen molar-refractivity contribution in [3.8, 4) is 11.5 Å². The number of rotatable bonds is 6. The molecule has 0 saturated heterocycles. The number of fused-ring (bicyclic) bond motifs is 1. The molecular formula is C22H24N2O4. The lowest BCUT2D eigenvalue weighted by molar-refractivity contribution is -0.125. The van der Waals surface area contributed by atoms with Gasteiger partial charge in [-0.1, -0.05) is 29.8 Å². The van der Waals surface area contributed by atoms with E-state index in [0.717, 1.165) is 11.1 Å². The van der Waals surface area contributed by atoms with E-state index in [-0.39, 0.29) is 18.4 Å². The van der Waals surface area contributed by atoms with E-state index in [1.807, 2.05) is 38.1 Å². The molecule has 2 aromatic rings. The lowest BCUT2D eigenvalue weighted by atomic mass is 10.1. The van der Waals surface area contributed by atoms with Crippen LogP contribution in [0.1, 0.15) is 19.4 Å². The van der Waals surface area contributed by atoms with E-state index in [4.69, 9.17) is 9.47 Å². The number of anilines is 2. The van der Waals surface area contributed by atoms with Crippen LogP contribution in [0.4, 0.5) is 11.4 Å². The SMILES string of the molecule is C=C(C)CN1C(=O)C(C)Oc2ccc(NC(=O)COc3ccc(C)cc3)cc21. The normalized spacial score (nSPS) is 15.5. The summed E-state index contributed by atoms with van der Waals surface area (Å²) in [5, 5.41) is 2.79. The molecule has 1 heterocycles. The summed E-state index contributed by atoms with van der Waals surface area (Å²) in [5.74, 6) is 0.805. The van der Waals surface area contributed by atoms with Crippen molar-refractivity contribution in [3.63, 3.8) is 0 Å². The number of hydrogen-bond donors (Lipinski definition) is 1. The molecule has 2 amide bonds. The average molecular weight is 380 g/mol. The number of amides is 2. The zero-order chi connectivity index (χ0) is 20.3. The van der Waals surface area contributed by atoms with Crippen molar-refractivity contribution in [2.45, 2.75) is 26.9 Å². The van der Waals surface area contributed by atoms with E-state index >= 15 is 0 Å². The Morgan fingerprint density at radius 1 is 1.25 bits per heavy atom. The number of nitrogens with zero attached hydrogens (tertiary/aromatic N) is 1. The second-order valence-corrected chi connectivity index (χ2v) is 6.97. The highest BCUT2D eigenvalue weighted by molar-refractivity contribution is 6.01. The summed E-state index contributed by atoms with van der Waals surface area (Å²) < 4.78 is 11.2. The Kier molecular flexibility index (Phi) is 5.68. The minimum absolute atomic E-state index is 0.109. The molecule has 0 radical (unpaired) electrons. The molecule has 0 spiro atoms. The Bertz CT molecular complexity index is 905. The molecule has 3 rings (SSSR count). The van der Waals surface area contributed by atoms with Crippen molar-refractivity contribution in [1.29, 1.82) is 0 Å². The van der Waals surface area contributed by atoms with E-state index in [1.54, 1.807) is 30.0 Å². The van der Waals surface area contributed by atoms with Gasteiger partial charge < -0.3 is 19.7 Å². The van der Waals surface area contributed by atoms with E-state index in [0.29, 0.717) is 29.4 Å². The molecule has 0 bridgehead atoms. The van der Waals surface area contributed by atoms with Crippen molar-refractivity contribution in [3.05, 3.63) is 60.2 Å². The molecule has 6 heteroatoms. The van der Waals surface area contributed by atoms with Gasteiger partial charge in [-0.25, -0.2) is 0 Å². The van der Waals surface area contributed by atoms with Crippen molar-refractivity contribution in [1.82, 2.24) is 0 Å². The second-order valence-electron chi connectivity index (χ2n) is 6.97. The molecular weight excluding hydrogens is 356 g/mol. The molecule has 1 unspecified atom stereocenters. The van der Waals surface area contributed by atoms with E-state index in [2.05, 4.69) is 11.9 Å². The second kappa shape index (κ2) is 8.17.